The zero-order valence-corrected chi connectivity index (χ0v) is 13.1. The molecule has 0 radical (unpaired) electrons. The minimum absolute atomic E-state index is 0.0381. The van der Waals surface area contributed by atoms with Gasteiger partial charge in [0.2, 0.25) is 0 Å². The van der Waals surface area contributed by atoms with Gasteiger partial charge in [-0.25, -0.2) is 0 Å². The van der Waals surface area contributed by atoms with Crippen molar-refractivity contribution in [1.82, 2.24) is 0 Å². The van der Waals surface area contributed by atoms with Crippen LogP contribution in [0.4, 0.5) is 11.4 Å². The van der Waals surface area contributed by atoms with Gasteiger partial charge in [0.25, 0.3) is 5.69 Å². The molecule has 7 heteroatoms. The van der Waals surface area contributed by atoms with Crippen LogP contribution in [-0.4, -0.2) is 24.9 Å². The lowest BCUT2D eigenvalue weighted by molar-refractivity contribution is -0.384. The van der Waals surface area contributed by atoms with E-state index < -0.39 is 4.92 Å². The lowest BCUT2D eigenvalue weighted by atomic mass is 10.1. The fraction of sp³-hybridized carbons (Fsp3) is 0.188. The van der Waals surface area contributed by atoms with Crippen molar-refractivity contribution in [3.05, 3.63) is 58.1 Å². The molecule has 0 aliphatic rings. The number of nitrogens with one attached hydrogen (secondary N) is 1. The molecule has 0 aliphatic carbocycles. The van der Waals surface area contributed by atoms with E-state index in [4.69, 9.17) is 9.47 Å². The summed E-state index contributed by atoms with van der Waals surface area (Å²) in [5.74, 6) is 1.27. The summed E-state index contributed by atoms with van der Waals surface area (Å²) in [4.78, 5) is 10.2. The van der Waals surface area contributed by atoms with Crippen molar-refractivity contribution in [3.63, 3.8) is 0 Å². The van der Waals surface area contributed by atoms with Gasteiger partial charge in [-0.3, -0.25) is 15.5 Å². The van der Waals surface area contributed by atoms with Crippen LogP contribution >= 0.6 is 0 Å². The minimum atomic E-state index is -0.443. The van der Waals surface area contributed by atoms with Crippen molar-refractivity contribution < 1.29 is 14.4 Å². The number of anilines is 1. The van der Waals surface area contributed by atoms with Crippen molar-refractivity contribution in [2.75, 3.05) is 19.6 Å². The van der Waals surface area contributed by atoms with E-state index in [0.29, 0.717) is 17.2 Å². The highest BCUT2D eigenvalue weighted by Gasteiger charge is 2.07. The largest absolute Gasteiger partial charge is 0.493 e. The molecule has 0 aliphatic heterocycles. The average Bonchev–Trinajstić information content (AvgIpc) is 2.59. The van der Waals surface area contributed by atoms with Crippen LogP contribution in [-0.2, 0) is 0 Å². The summed E-state index contributed by atoms with van der Waals surface area (Å²) in [6.45, 7) is 1.85. The summed E-state index contributed by atoms with van der Waals surface area (Å²) < 4.78 is 10.5. The molecule has 7 nitrogen and oxygen atoms in total. The van der Waals surface area contributed by atoms with Crippen LogP contribution in [0.1, 0.15) is 12.5 Å². The number of rotatable bonds is 6. The monoisotopic (exact) mass is 315 g/mol. The van der Waals surface area contributed by atoms with E-state index in [1.165, 1.54) is 12.1 Å². The van der Waals surface area contributed by atoms with Crippen LogP contribution in [0.2, 0.25) is 0 Å². The van der Waals surface area contributed by atoms with Gasteiger partial charge >= 0.3 is 0 Å². The molecule has 0 heterocycles. The highest BCUT2D eigenvalue weighted by atomic mass is 16.6. The standard InChI is InChI=1S/C16H17N3O4/c1-11(12-4-9-15(22-2)16(10-12)23-3)17-18-13-5-7-14(8-6-13)19(20)21/h4-10,18H,1-3H3/b17-11-. The van der Waals surface area contributed by atoms with Crippen molar-refractivity contribution in [2.24, 2.45) is 5.10 Å². The zero-order valence-electron chi connectivity index (χ0n) is 13.1. The molecule has 2 aromatic rings. The van der Waals surface area contributed by atoms with Crippen molar-refractivity contribution >= 4 is 17.1 Å². The number of nitro benzene ring substituents is 1. The van der Waals surface area contributed by atoms with Gasteiger partial charge in [0, 0.05) is 17.7 Å². The van der Waals surface area contributed by atoms with E-state index in [1.807, 2.05) is 19.1 Å². The molecular formula is C16H17N3O4. The Morgan fingerprint density at radius 2 is 1.74 bits per heavy atom. The third-order valence-electron chi connectivity index (χ3n) is 3.23. The summed E-state index contributed by atoms with van der Waals surface area (Å²) in [5, 5.41) is 14.9. The van der Waals surface area contributed by atoms with E-state index in [1.54, 1.807) is 32.4 Å². The normalized spacial score (nSPS) is 11.0. The minimum Gasteiger partial charge on any atom is -0.493 e. The van der Waals surface area contributed by atoms with Gasteiger partial charge in [0.15, 0.2) is 11.5 Å². The van der Waals surface area contributed by atoms with Gasteiger partial charge in [0.05, 0.1) is 30.5 Å². The smallest absolute Gasteiger partial charge is 0.269 e. The van der Waals surface area contributed by atoms with E-state index in [0.717, 1.165) is 11.3 Å². The van der Waals surface area contributed by atoms with Gasteiger partial charge < -0.3 is 9.47 Å². The lowest BCUT2D eigenvalue weighted by Gasteiger charge is -2.09. The molecule has 120 valence electrons. The third kappa shape index (κ3) is 3.97. The second kappa shape index (κ2) is 7.26. The SMILES string of the molecule is COc1ccc(/C(C)=N\Nc2ccc([N+](=O)[O-])cc2)cc1OC. The molecule has 2 aromatic carbocycles. The first-order valence-corrected chi connectivity index (χ1v) is 6.82. The first kappa shape index (κ1) is 16.3. The van der Waals surface area contributed by atoms with Crippen molar-refractivity contribution in [3.8, 4) is 11.5 Å². The fourth-order valence-corrected chi connectivity index (χ4v) is 1.93. The number of hydrogen-bond acceptors (Lipinski definition) is 6. The molecular weight excluding hydrogens is 298 g/mol. The molecule has 0 unspecified atom stereocenters. The maximum atomic E-state index is 10.6. The summed E-state index contributed by atoms with van der Waals surface area (Å²) in [6.07, 6.45) is 0. The second-order valence-electron chi connectivity index (χ2n) is 4.68. The van der Waals surface area contributed by atoms with Crippen LogP contribution in [0.25, 0.3) is 0 Å². The summed E-state index contributed by atoms with van der Waals surface area (Å²) in [6, 6.07) is 11.5. The molecule has 0 saturated carbocycles. The summed E-state index contributed by atoms with van der Waals surface area (Å²) in [5.41, 5.74) is 5.18. The number of nitrogens with zero attached hydrogens (tertiary/aromatic N) is 2. The molecule has 0 aromatic heterocycles. The van der Waals surface area contributed by atoms with E-state index in [2.05, 4.69) is 10.5 Å². The zero-order chi connectivity index (χ0) is 16.8. The Morgan fingerprint density at radius 3 is 2.30 bits per heavy atom. The lowest BCUT2D eigenvalue weighted by Crippen LogP contribution is -2.01. The highest BCUT2D eigenvalue weighted by molar-refractivity contribution is 5.99. The molecule has 0 amide bonds. The van der Waals surface area contributed by atoms with E-state index in [9.17, 15) is 10.1 Å². The molecule has 1 N–H and O–H groups in total. The van der Waals surface area contributed by atoms with Crippen LogP contribution in [0, 0.1) is 10.1 Å². The summed E-state index contributed by atoms with van der Waals surface area (Å²) in [7, 11) is 3.15. The van der Waals surface area contributed by atoms with Crippen LogP contribution in [0.15, 0.2) is 47.6 Å². The Kier molecular flexibility index (Phi) is 5.14. The molecule has 0 atom stereocenters. The topological polar surface area (TPSA) is 86.0 Å². The Hall–Kier alpha value is -3.09. The van der Waals surface area contributed by atoms with Crippen molar-refractivity contribution in [1.29, 1.82) is 0 Å². The Bertz CT molecular complexity index is 727. The summed E-state index contributed by atoms with van der Waals surface area (Å²) >= 11 is 0. The number of methoxy groups -OCH3 is 2. The number of benzene rings is 2. The quantitative estimate of drug-likeness (QED) is 0.501. The van der Waals surface area contributed by atoms with Gasteiger partial charge in [-0.15, -0.1) is 0 Å². The average molecular weight is 315 g/mol. The molecule has 0 saturated heterocycles. The number of hydrogen-bond donors (Lipinski definition) is 1. The predicted octanol–water partition coefficient (Wildman–Crippen LogP) is 3.45. The molecule has 2 rings (SSSR count). The van der Waals surface area contributed by atoms with Crippen LogP contribution in [0.3, 0.4) is 0 Å². The van der Waals surface area contributed by atoms with Gasteiger partial charge in [-0.1, -0.05) is 0 Å². The number of ether oxygens (including phenoxy) is 2. The number of hydrazone groups is 1. The second-order valence-corrected chi connectivity index (χ2v) is 4.68. The molecule has 0 fully saturated rings. The van der Waals surface area contributed by atoms with E-state index >= 15 is 0 Å². The van der Waals surface area contributed by atoms with Gasteiger partial charge in [0.1, 0.15) is 0 Å². The fourth-order valence-electron chi connectivity index (χ4n) is 1.93. The number of nitro groups is 1. The van der Waals surface area contributed by atoms with E-state index in [-0.39, 0.29) is 5.69 Å². The predicted molar refractivity (Wildman–Crippen MR) is 88.5 cm³/mol. The third-order valence-corrected chi connectivity index (χ3v) is 3.23. The maximum Gasteiger partial charge on any atom is 0.269 e. The molecule has 0 bridgehead atoms. The maximum absolute atomic E-state index is 10.6. The molecule has 23 heavy (non-hydrogen) atoms. The van der Waals surface area contributed by atoms with Crippen LogP contribution in [0.5, 0.6) is 11.5 Å². The molecule has 0 spiro atoms. The Balaban J connectivity index is 2.14. The Labute approximate surface area is 133 Å². The Morgan fingerprint density at radius 1 is 1.09 bits per heavy atom. The first-order valence-electron chi connectivity index (χ1n) is 6.82. The van der Waals surface area contributed by atoms with Crippen molar-refractivity contribution in [2.45, 2.75) is 6.92 Å². The highest BCUT2D eigenvalue weighted by Crippen LogP contribution is 2.27. The van der Waals surface area contributed by atoms with Gasteiger partial charge in [-0.2, -0.15) is 5.10 Å². The first-order chi connectivity index (χ1) is 11.0. The number of non-ortho nitro benzene ring substituents is 1. The van der Waals surface area contributed by atoms with Gasteiger partial charge in [-0.05, 0) is 37.3 Å². The van der Waals surface area contributed by atoms with Crippen LogP contribution < -0.4 is 14.9 Å².